The van der Waals surface area contributed by atoms with Gasteiger partial charge < -0.3 is 9.84 Å². The molecule has 1 aromatic carbocycles. The Kier molecular flexibility index (Phi) is 4.23. The number of hydrogen-bond donors (Lipinski definition) is 1. The third-order valence-electron chi connectivity index (χ3n) is 2.54. The summed E-state index contributed by atoms with van der Waals surface area (Å²) in [6.07, 6.45) is 2.94. The lowest BCUT2D eigenvalue weighted by atomic mass is 10.1. The number of aliphatic hydroxyl groups is 1. The van der Waals surface area contributed by atoms with E-state index in [4.69, 9.17) is 4.74 Å². The third kappa shape index (κ3) is 2.83. The second kappa shape index (κ2) is 5.89. The average Bonchev–Trinajstić information content (AvgIpc) is 2.39. The predicted octanol–water partition coefficient (Wildman–Crippen LogP) is 3.29. The molecule has 1 heterocycles. The summed E-state index contributed by atoms with van der Waals surface area (Å²) in [5.41, 5.74) is 0.821. The molecule has 1 N–H and O–H groups in total. The van der Waals surface area contributed by atoms with Gasteiger partial charge in [-0.3, -0.25) is 4.98 Å². The van der Waals surface area contributed by atoms with Gasteiger partial charge in [0.1, 0.15) is 5.75 Å². The van der Waals surface area contributed by atoms with Gasteiger partial charge in [0.2, 0.25) is 0 Å². The first-order valence-electron chi connectivity index (χ1n) is 5.65. The molecule has 2 rings (SSSR count). The number of pyridine rings is 1. The number of aromatic nitrogens is 1. The minimum atomic E-state index is -0.564. The molecule has 18 heavy (non-hydrogen) atoms. The number of benzene rings is 1. The highest BCUT2D eigenvalue weighted by Crippen LogP contribution is 2.37. The van der Waals surface area contributed by atoms with Crippen molar-refractivity contribution in [2.45, 2.75) is 22.8 Å². The van der Waals surface area contributed by atoms with Gasteiger partial charge in [0, 0.05) is 27.7 Å². The van der Waals surface area contributed by atoms with Crippen LogP contribution in [0.5, 0.6) is 5.75 Å². The van der Waals surface area contributed by atoms with Gasteiger partial charge in [0.25, 0.3) is 0 Å². The van der Waals surface area contributed by atoms with Gasteiger partial charge in [0.15, 0.2) is 0 Å². The lowest BCUT2D eigenvalue weighted by molar-refractivity contribution is 0.191. The quantitative estimate of drug-likeness (QED) is 0.917. The smallest absolute Gasteiger partial charge is 0.125 e. The molecular formula is C14H15NO2S. The van der Waals surface area contributed by atoms with Crippen molar-refractivity contribution in [1.29, 1.82) is 0 Å². The van der Waals surface area contributed by atoms with Crippen LogP contribution in [0.25, 0.3) is 0 Å². The summed E-state index contributed by atoms with van der Waals surface area (Å²) in [4.78, 5) is 6.07. The number of methoxy groups -OCH3 is 1. The Balaban J connectivity index is 2.38. The number of hydrogen-bond acceptors (Lipinski definition) is 4. The van der Waals surface area contributed by atoms with E-state index in [1.54, 1.807) is 38.2 Å². The fraction of sp³-hybridized carbons (Fsp3) is 0.214. The SMILES string of the molecule is COc1cccc(Sc2ccncc2)c1[C@H](C)O. The van der Waals surface area contributed by atoms with Crippen LogP contribution in [-0.4, -0.2) is 17.2 Å². The van der Waals surface area contributed by atoms with Gasteiger partial charge in [-0.25, -0.2) is 0 Å². The molecule has 3 nitrogen and oxygen atoms in total. The van der Waals surface area contributed by atoms with Crippen LogP contribution in [0.1, 0.15) is 18.6 Å². The summed E-state index contributed by atoms with van der Waals surface area (Å²) in [5, 5.41) is 9.89. The standard InChI is InChI=1S/C14H15NO2S/c1-10(16)14-12(17-2)4-3-5-13(14)18-11-6-8-15-9-7-11/h3-10,16H,1-2H3/t10-/m0/s1. The molecule has 0 saturated carbocycles. The molecule has 1 atom stereocenters. The Morgan fingerprint density at radius 3 is 2.56 bits per heavy atom. The summed E-state index contributed by atoms with van der Waals surface area (Å²) < 4.78 is 5.30. The first kappa shape index (κ1) is 12.9. The van der Waals surface area contributed by atoms with Crippen molar-refractivity contribution in [1.82, 2.24) is 4.98 Å². The van der Waals surface area contributed by atoms with E-state index in [9.17, 15) is 5.11 Å². The fourth-order valence-electron chi connectivity index (χ4n) is 1.74. The Morgan fingerprint density at radius 1 is 1.22 bits per heavy atom. The maximum Gasteiger partial charge on any atom is 0.125 e. The van der Waals surface area contributed by atoms with Gasteiger partial charge in [-0.1, -0.05) is 17.8 Å². The van der Waals surface area contributed by atoms with E-state index in [0.717, 1.165) is 15.4 Å². The van der Waals surface area contributed by atoms with Crippen molar-refractivity contribution in [3.8, 4) is 5.75 Å². The Morgan fingerprint density at radius 2 is 1.94 bits per heavy atom. The first-order valence-corrected chi connectivity index (χ1v) is 6.47. The van der Waals surface area contributed by atoms with Gasteiger partial charge in [-0.15, -0.1) is 0 Å². The van der Waals surface area contributed by atoms with E-state index in [2.05, 4.69) is 4.98 Å². The van der Waals surface area contributed by atoms with E-state index in [1.165, 1.54) is 0 Å². The van der Waals surface area contributed by atoms with Crippen molar-refractivity contribution >= 4 is 11.8 Å². The third-order valence-corrected chi connectivity index (χ3v) is 3.63. The largest absolute Gasteiger partial charge is 0.496 e. The summed E-state index contributed by atoms with van der Waals surface area (Å²) in [7, 11) is 1.61. The highest BCUT2D eigenvalue weighted by atomic mass is 32.2. The van der Waals surface area contributed by atoms with Gasteiger partial charge >= 0.3 is 0 Å². The number of ether oxygens (including phenoxy) is 1. The second-order valence-electron chi connectivity index (χ2n) is 3.83. The van der Waals surface area contributed by atoms with Crippen LogP contribution in [-0.2, 0) is 0 Å². The molecule has 2 aromatic rings. The van der Waals surface area contributed by atoms with Gasteiger partial charge in [-0.2, -0.15) is 0 Å². The lowest BCUT2D eigenvalue weighted by Crippen LogP contribution is -1.98. The Bertz CT molecular complexity index is 514. The maximum absolute atomic E-state index is 9.89. The summed E-state index contributed by atoms with van der Waals surface area (Å²) in [6.45, 7) is 1.74. The van der Waals surface area contributed by atoms with Crippen LogP contribution >= 0.6 is 11.8 Å². The second-order valence-corrected chi connectivity index (χ2v) is 4.95. The normalized spacial score (nSPS) is 12.2. The van der Waals surface area contributed by atoms with E-state index in [-0.39, 0.29) is 0 Å². The molecule has 0 saturated heterocycles. The van der Waals surface area contributed by atoms with Crippen LogP contribution in [0.15, 0.2) is 52.5 Å². The molecule has 0 fully saturated rings. The molecule has 0 aliphatic heterocycles. The number of aliphatic hydroxyl groups excluding tert-OH is 1. The summed E-state index contributed by atoms with van der Waals surface area (Å²) >= 11 is 1.59. The molecule has 1 aromatic heterocycles. The van der Waals surface area contributed by atoms with E-state index >= 15 is 0 Å². The maximum atomic E-state index is 9.89. The molecule has 0 spiro atoms. The van der Waals surface area contributed by atoms with Crippen molar-refractivity contribution in [3.05, 3.63) is 48.3 Å². The Hall–Kier alpha value is -1.52. The van der Waals surface area contributed by atoms with Crippen molar-refractivity contribution < 1.29 is 9.84 Å². The Labute approximate surface area is 111 Å². The zero-order valence-electron chi connectivity index (χ0n) is 10.3. The first-order chi connectivity index (χ1) is 8.72. The van der Waals surface area contributed by atoms with Gasteiger partial charge in [-0.05, 0) is 31.2 Å². The average molecular weight is 261 g/mol. The summed E-state index contributed by atoms with van der Waals surface area (Å²) in [5.74, 6) is 0.712. The van der Waals surface area contributed by atoms with Crippen molar-refractivity contribution in [3.63, 3.8) is 0 Å². The minimum Gasteiger partial charge on any atom is -0.496 e. The molecule has 0 bridgehead atoms. The summed E-state index contributed by atoms with van der Waals surface area (Å²) in [6, 6.07) is 9.65. The predicted molar refractivity (Wildman–Crippen MR) is 72.0 cm³/mol. The van der Waals surface area contributed by atoms with Crippen LogP contribution in [0, 0.1) is 0 Å². The zero-order valence-corrected chi connectivity index (χ0v) is 11.1. The van der Waals surface area contributed by atoms with Crippen LogP contribution in [0.4, 0.5) is 0 Å². The minimum absolute atomic E-state index is 0.564. The molecular weight excluding hydrogens is 246 g/mol. The molecule has 4 heteroatoms. The topological polar surface area (TPSA) is 42.4 Å². The van der Waals surface area contributed by atoms with E-state index in [0.29, 0.717) is 5.75 Å². The molecule has 0 aliphatic carbocycles. The molecule has 0 unspecified atom stereocenters. The van der Waals surface area contributed by atoms with E-state index in [1.807, 2.05) is 30.3 Å². The number of rotatable bonds is 4. The zero-order chi connectivity index (χ0) is 13.0. The highest BCUT2D eigenvalue weighted by molar-refractivity contribution is 7.99. The van der Waals surface area contributed by atoms with Crippen LogP contribution in [0.2, 0.25) is 0 Å². The van der Waals surface area contributed by atoms with E-state index < -0.39 is 6.10 Å². The van der Waals surface area contributed by atoms with Crippen molar-refractivity contribution in [2.24, 2.45) is 0 Å². The fourth-order valence-corrected chi connectivity index (χ4v) is 2.78. The van der Waals surface area contributed by atoms with Crippen LogP contribution < -0.4 is 4.74 Å². The number of nitrogens with zero attached hydrogens (tertiary/aromatic N) is 1. The molecule has 94 valence electrons. The van der Waals surface area contributed by atoms with Gasteiger partial charge in [0.05, 0.1) is 13.2 Å². The monoisotopic (exact) mass is 261 g/mol. The molecule has 0 amide bonds. The highest BCUT2D eigenvalue weighted by Gasteiger charge is 2.14. The van der Waals surface area contributed by atoms with Crippen LogP contribution in [0.3, 0.4) is 0 Å². The van der Waals surface area contributed by atoms with Crippen molar-refractivity contribution in [2.75, 3.05) is 7.11 Å². The lowest BCUT2D eigenvalue weighted by Gasteiger charge is -2.15. The molecule has 0 aliphatic rings. The molecule has 0 radical (unpaired) electrons.